The van der Waals surface area contributed by atoms with Gasteiger partial charge in [-0.25, -0.2) is 4.57 Å². The van der Waals surface area contributed by atoms with Crippen molar-refractivity contribution in [1.29, 1.82) is 0 Å². The number of allylic oxidation sites excluding steroid dienone is 13. The molecular formula is C51H83O14P. The summed E-state index contributed by atoms with van der Waals surface area (Å²) in [6, 6.07) is 0. The molecule has 0 aromatic rings. The van der Waals surface area contributed by atoms with Crippen LogP contribution in [0.15, 0.2) is 85.1 Å². The first-order valence-electron chi connectivity index (χ1n) is 24.5. The molecule has 2 aliphatic rings. The highest BCUT2D eigenvalue weighted by Crippen LogP contribution is 2.47. The van der Waals surface area contributed by atoms with Gasteiger partial charge in [-0.2, -0.15) is 0 Å². The first kappa shape index (κ1) is 59.1. The molecule has 376 valence electrons. The molecule has 14 nitrogen and oxygen atoms in total. The SMILES string of the molecule is CC/C=C\C/C=C\C/C=C\C/C=C\CCCCCCCCC(=O)OC[C@H](COP(=O)(O)OC1[C@H](O)[C@H](O)C(O)[C@H](O)[C@H]1O)OC(=O)CCC/C=C\C/C=C\C/C=C\CC1OC1CCCCC. The molecule has 1 saturated heterocycles. The molecular weight excluding hydrogens is 868 g/mol. The Morgan fingerprint density at radius 3 is 1.65 bits per heavy atom. The Balaban J connectivity index is 1.71. The van der Waals surface area contributed by atoms with Crippen LogP contribution < -0.4 is 0 Å². The van der Waals surface area contributed by atoms with Crippen LogP contribution in [0.5, 0.6) is 0 Å². The molecule has 2 fully saturated rings. The van der Waals surface area contributed by atoms with Crippen LogP contribution in [0.3, 0.4) is 0 Å². The molecule has 66 heavy (non-hydrogen) atoms. The first-order chi connectivity index (χ1) is 31.9. The molecule has 0 aromatic carbocycles. The van der Waals surface area contributed by atoms with Crippen molar-refractivity contribution < 1.29 is 67.8 Å². The van der Waals surface area contributed by atoms with Crippen molar-refractivity contribution in [3.63, 3.8) is 0 Å². The minimum atomic E-state index is -5.15. The Morgan fingerprint density at radius 1 is 0.561 bits per heavy atom. The van der Waals surface area contributed by atoms with Crippen molar-refractivity contribution in [3.8, 4) is 0 Å². The minimum Gasteiger partial charge on any atom is -0.462 e. The summed E-state index contributed by atoms with van der Waals surface area (Å²) in [4.78, 5) is 35.8. The number of epoxide rings is 1. The summed E-state index contributed by atoms with van der Waals surface area (Å²) in [6.45, 7) is 3.09. The van der Waals surface area contributed by atoms with E-state index in [-0.39, 0.29) is 12.8 Å². The number of hydrogen-bond donors (Lipinski definition) is 6. The van der Waals surface area contributed by atoms with Gasteiger partial charge in [0.15, 0.2) is 6.10 Å². The first-order valence-corrected chi connectivity index (χ1v) is 26.0. The third kappa shape index (κ3) is 28.3. The highest BCUT2D eigenvalue weighted by atomic mass is 31.2. The van der Waals surface area contributed by atoms with Gasteiger partial charge in [0.25, 0.3) is 0 Å². The van der Waals surface area contributed by atoms with Gasteiger partial charge < -0.3 is 44.6 Å². The van der Waals surface area contributed by atoms with Crippen LogP contribution in [0.2, 0.25) is 0 Å². The van der Waals surface area contributed by atoms with E-state index < -0.39 is 75.7 Å². The maximum absolute atomic E-state index is 12.8. The lowest BCUT2D eigenvalue weighted by Crippen LogP contribution is -2.64. The largest absolute Gasteiger partial charge is 0.472 e. The second kappa shape index (κ2) is 37.0. The van der Waals surface area contributed by atoms with E-state index in [9.17, 15) is 44.6 Å². The Hall–Kier alpha value is -3.01. The molecule has 2 rings (SSSR count). The summed E-state index contributed by atoms with van der Waals surface area (Å²) < 4.78 is 39.2. The molecule has 10 atom stereocenters. The number of aliphatic hydroxyl groups is 5. The number of ether oxygens (including phenoxy) is 3. The van der Waals surface area contributed by atoms with Crippen molar-refractivity contribution in [3.05, 3.63) is 85.1 Å². The number of rotatable bonds is 38. The number of hydrogen-bond acceptors (Lipinski definition) is 13. The second-order valence-electron chi connectivity index (χ2n) is 17.0. The molecule has 5 unspecified atom stereocenters. The maximum Gasteiger partial charge on any atom is 0.472 e. The fraction of sp³-hybridized carbons (Fsp3) is 0.686. The van der Waals surface area contributed by atoms with Gasteiger partial charge >= 0.3 is 19.8 Å². The van der Waals surface area contributed by atoms with Crippen molar-refractivity contribution in [1.82, 2.24) is 0 Å². The predicted molar refractivity (Wildman–Crippen MR) is 257 cm³/mol. The van der Waals surface area contributed by atoms with Gasteiger partial charge in [0.1, 0.15) is 43.2 Å². The third-order valence-corrected chi connectivity index (χ3v) is 12.1. The van der Waals surface area contributed by atoms with Gasteiger partial charge in [-0.1, -0.05) is 144 Å². The smallest absolute Gasteiger partial charge is 0.462 e. The Morgan fingerprint density at radius 2 is 1.06 bits per heavy atom. The van der Waals surface area contributed by atoms with E-state index in [0.29, 0.717) is 31.5 Å². The number of carbonyl (C=O) groups is 2. The van der Waals surface area contributed by atoms with Gasteiger partial charge in [0, 0.05) is 12.8 Å². The standard InChI is InChI=1S/C51H83O14P/c1-3-5-7-8-9-10-11-12-13-14-15-16-17-18-19-23-26-29-33-37-44(52)61-39-41(40-62-66(59,60)65-51-49(57)47(55)46(54)48(56)50(51)58)63-45(53)38-34-30-27-24-21-20-22-25-28-32-36-43-42(64-43)35-31-6-4-2/h5,7,9-10,12-13,15-16,20,22,24,27-28,32,41-43,46-51,54-58H,3-4,6,8,11,14,17-19,21,23,25-26,29-31,33-40H2,1-2H3,(H,59,60)/b7-5-,10-9-,13-12-,16-15-,22-20-,27-24-,32-28-/t41-,42?,43?,46?,47-,48+,49-,50-,51?/m1/s1. The number of phosphoric ester groups is 1. The van der Waals surface area contributed by atoms with Crippen molar-refractivity contribution in [2.45, 2.75) is 210 Å². The third-order valence-electron chi connectivity index (χ3n) is 11.1. The predicted octanol–water partition coefficient (Wildman–Crippen LogP) is 9.04. The van der Waals surface area contributed by atoms with Crippen molar-refractivity contribution >= 4 is 19.8 Å². The second-order valence-corrected chi connectivity index (χ2v) is 18.4. The van der Waals surface area contributed by atoms with E-state index in [1.807, 2.05) is 12.2 Å². The summed E-state index contributed by atoms with van der Waals surface area (Å²) in [5.41, 5.74) is 0. The molecule has 1 aliphatic carbocycles. The summed E-state index contributed by atoms with van der Waals surface area (Å²) in [5, 5.41) is 50.2. The van der Waals surface area contributed by atoms with E-state index in [0.717, 1.165) is 89.9 Å². The van der Waals surface area contributed by atoms with Gasteiger partial charge in [-0.3, -0.25) is 18.6 Å². The number of unbranched alkanes of at least 4 members (excludes halogenated alkanes) is 9. The van der Waals surface area contributed by atoms with Crippen LogP contribution in [-0.4, -0.2) is 111 Å². The molecule has 1 aliphatic heterocycles. The van der Waals surface area contributed by atoms with Crippen LogP contribution in [0.25, 0.3) is 0 Å². The summed E-state index contributed by atoms with van der Waals surface area (Å²) in [5.74, 6) is -1.19. The topological polar surface area (TPSA) is 222 Å². The highest BCUT2D eigenvalue weighted by molar-refractivity contribution is 7.47. The van der Waals surface area contributed by atoms with Crippen molar-refractivity contribution in [2.24, 2.45) is 0 Å². The summed E-state index contributed by atoms with van der Waals surface area (Å²) >= 11 is 0. The normalized spacial score (nSPS) is 25.1. The van der Waals surface area contributed by atoms with Crippen LogP contribution in [0, 0.1) is 0 Å². The van der Waals surface area contributed by atoms with Crippen LogP contribution in [-0.2, 0) is 37.4 Å². The quantitative estimate of drug-likeness (QED) is 0.0112. The fourth-order valence-corrected chi connectivity index (χ4v) is 8.10. The average Bonchev–Trinajstić information content (AvgIpc) is 4.06. The van der Waals surface area contributed by atoms with Gasteiger partial charge in [-0.15, -0.1) is 0 Å². The van der Waals surface area contributed by atoms with Gasteiger partial charge in [0.05, 0.1) is 18.8 Å². The molecule has 0 aromatic heterocycles. The Labute approximate surface area is 394 Å². The Kier molecular flexibility index (Phi) is 33.1. The van der Waals surface area contributed by atoms with E-state index in [2.05, 4.69) is 86.8 Å². The zero-order valence-corrected chi connectivity index (χ0v) is 40.5. The van der Waals surface area contributed by atoms with Gasteiger partial charge in [-0.05, 0) is 83.5 Å². The molecule has 0 bridgehead atoms. The van der Waals surface area contributed by atoms with E-state index >= 15 is 0 Å². The lowest BCUT2D eigenvalue weighted by atomic mass is 9.85. The molecule has 0 amide bonds. The molecule has 0 spiro atoms. The molecule has 6 N–H and O–H groups in total. The van der Waals surface area contributed by atoms with Crippen LogP contribution in [0.1, 0.15) is 155 Å². The van der Waals surface area contributed by atoms with Crippen molar-refractivity contribution in [2.75, 3.05) is 13.2 Å². The van der Waals surface area contributed by atoms with E-state index in [4.69, 9.17) is 23.3 Å². The number of esters is 2. The zero-order chi connectivity index (χ0) is 48.3. The molecule has 15 heteroatoms. The van der Waals surface area contributed by atoms with Crippen LogP contribution in [0.4, 0.5) is 0 Å². The zero-order valence-electron chi connectivity index (χ0n) is 39.6. The summed E-state index contributed by atoms with van der Waals surface area (Å²) in [6.07, 6.45) is 36.6. The summed E-state index contributed by atoms with van der Waals surface area (Å²) in [7, 11) is -5.15. The minimum absolute atomic E-state index is 0.00881. The highest BCUT2D eigenvalue weighted by Gasteiger charge is 2.51. The lowest BCUT2D eigenvalue weighted by Gasteiger charge is -2.41. The lowest BCUT2D eigenvalue weighted by molar-refractivity contribution is -0.220. The Bertz CT molecular complexity index is 1540. The average molecular weight is 951 g/mol. The number of phosphoric acid groups is 1. The number of carbonyl (C=O) groups excluding carboxylic acids is 2. The van der Waals surface area contributed by atoms with Crippen LogP contribution >= 0.6 is 7.82 Å². The number of aliphatic hydroxyl groups excluding tert-OH is 5. The van der Waals surface area contributed by atoms with Gasteiger partial charge in [0.2, 0.25) is 0 Å². The molecule has 1 heterocycles. The van der Waals surface area contributed by atoms with E-state index in [1.54, 1.807) is 0 Å². The monoisotopic (exact) mass is 951 g/mol. The van der Waals surface area contributed by atoms with E-state index in [1.165, 1.54) is 19.3 Å². The maximum atomic E-state index is 12.8. The molecule has 0 radical (unpaired) electrons. The fourth-order valence-electron chi connectivity index (χ4n) is 7.13. The molecule has 1 saturated carbocycles.